The number of hydrogen-bond acceptors (Lipinski definition) is 4. The molecule has 1 aromatic heterocycles. The summed E-state index contributed by atoms with van der Waals surface area (Å²) in [7, 11) is 0. The summed E-state index contributed by atoms with van der Waals surface area (Å²) in [6.07, 6.45) is 1.45. The number of aryl methyl sites for hydroxylation is 2. The molecule has 2 heterocycles. The van der Waals surface area contributed by atoms with E-state index in [-0.39, 0.29) is 12.3 Å². The number of carboxylic acids is 1. The summed E-state index contributed by atoms with van der Waals surface area (Å²) in [5.41, 5.74) is 3.59. The van der Waals surface area contributed by atoms with Gasteiger partial charge in [0.2, 0.25) is 5.91 Å². The van der Waals surface area contributed by atoms with Crippen LogP contribution in [0.2, 0.25) is 0 Å². The van der Waals surface area contributed by atoms with Crippen molar-refractivity contribution in [3.05, 3.63) is 46.3 Å². The Kier molecular flexibility index (Phi) is 4.24. The summed E-state index contributed by atoms with van der Waals surface area (Å²) in [4.78, 5) is 39.3. The summed E-state index contributed by atoms with van der Waals surface area (Å²) in [5, 5.41) is 11.7. The van der Waals surface area contributed by atoms with Crippen molar-refractivity contribution in [2.24, 2.45) is 0 Å². The zero-order valence-corrected chi connectivity index (χ0v) is 14.8. The molecule has 1 atom stereocenters. The number of carbonyl (C=O) groups is 3. The molecular formula is C19H18N2O4S. The van der Waals surface area contributed by atoms with Crippen molar-refractivity contribution in [1.82, 2.24) is 10.2 Å². The number of nitrogens with one attached hydrogen (secondary N) is 1. The number of thiophene rings is 1. The molecule has 1 aliphatic carbocycles. The van der Waals surface area contributed by atoms with E-state index in [1.54, 1.807) is 0 Å². The first-order chi connectivity index (χ1) is 12.5. The van der Waals surface area contributed by atoms with Crippen LogP contribution in [-0.2, 0) is 22.4 Å². The van der Waals surface area contributed by atoms with Crippen LogP contribution in [-0.4, -0.2) is 46.9 Å². The third-order valence-corrected chi connectivity index (χ3v) is 6.10. The Hall–Kier alpha value is -2.67. The minimum absolute atomic E-state index is 0.261. The molecular weight excluding hydrogens is 352 g/mol. The molecule has 2 amide bonds. The van der Waals surface area contributed by atoms with Crippen LogP contribution < -0.4 is 5.32 Å². The van der Waals surface area contributed by atoms with Gasteiger partial charge in [-0.3, -0.25) is 14.4 Å². The summed E-state index contributed by atoms with van der Waals surface area (Å²) < 4.78 is 0. The molecule has 2 N–H and O–H groups in total. The van der Waals surface area contributed by atoms with Crippen molar-refractivity contribution in [1.29, 1.82) is 0 Å². The van der Waals surface area contributed by atoms with Crippen LogP contribution in [0.1, 0.15) is 27.2 Å². The van der Waals surface area contributed by atoms with E-state index < -0.39 is 17.9 Å². The van der Waals surface area contributed by atoms with Crippen LogP contribution in [0.3, 0.4) is 0 Å². The van der Waals surface area contributed by atoms with Gasteiger partial charge in [-0.25, -0.2) is 0 Å². The molecule has 2 aliphatic rings. The Morgan fingerprint density at radius 3 is 2.81 bits per heavy atom. The van der Waals surface area contributed by atoms with E-state index in [4.69, 9.17) is 5.11 Å². The second kappa shape index (κ2) is 6.57. The Labute approximate surface area is 154 Å². The second-order valence-electron chi connectivity index (χ2n) is 6.53. The van der Waals surface area contributed by atoms with Gasteiger partial charge in [-0.15, -0.1) is 11.3 Å². The van der Waals surface area contributed by atoms with Gasteiger partial charge in [0.25, 0.3) is 5.91 Å². The van der Waals surface area contributed by atoms with Gasteiger partial charge < -0.3 is 15.3 Å². The molecule has 0 bridgehead atoms. The van der Waals surface area contributed by atoms with Crippen molar-refractivity contribution in [3.63, 3.8) is 0 Å². The zero-order valence-electron chi connectivity index (χ0n) is 14.0. The van der Waals surface area contributed by atoms with Crippen LogP contribution in [0.25, 0.3) is 10.4 Å². The Bertz CT molecular complexity index is 905. The first-order valence-corrected chi connectivity index (χ1v) is 9.37. The minimum atomic E-state index is -1.09. The third kappa shape index (κ3) is 2.88. The van der Waals surface area contributed by atoms with Gasteiger partial charge in [0, 0.05) is 18.0 Å². The van der Waals surface area contributed by atoms with Crippen molar-refractivity contribution < 1.29 is 19.5 Å². The lowest BCUT2D eigenvalue weighted by molar-refractivity contribution is -0.142. The maximum absolute atomic E-state index is 13.0. The van der Waals surface area contributed by atoms with Gasteiger partial charge in [0.05, 0.1) is 11.3 Å². The minimum Gasteiger partial charge on any atom is -0.481 e. The highest BCUT2D eigenvalue weighted by atomic mass is 32.1. The maximum Gasteiger partial charge on any atom is 0.305 e. The van der Waals surface area contributed by atoms with Gasteiger partial charge in [0.1, 0.15) is 6.04 Å². The van der Waals surface area contributed by atoms with Crippen molar-refractivity contribution in [2.75, 3.05) is 13.1 Å². The van der Waals surface area contributed by atoms with E-state index in [0.717, 1.165) is 28.8 Å². The number of fused-ring (bicyclic) bond motifs is 3. The van der Waals surface area contributed by atoms with Gasteiger partial charge >= 0.3 is 5.97 Å². The molecule has 4 rings (SSSR count). The van der Waals surface area contributed by atoms with Crippen LogP contribution in [0.4, 0.5) is 0 Å². The van der Waals surface area contributed by atoms with E-state index in [0.29, 0.717) is 18.0 Å². The van der Waals surface area contributed by atoms with Crippen molar-refractivity contribution in [2.45, 2.75) is 25.3 Å². The van der Waals surface area contributed by atoms with E-state index in [9.17, 15) is 14.4 Å². The third-order valence-electron chi connectivity index (χ3n) is 4.91. The monoisotopic (exact) mass is 370 g/mol. The quantitative estimate of drug-likeness (QED) is 0.864. The van der Waals surface area contributed by atoms with Crippen LogP contribution >= 0.6 is 11.3 Å². The number of hydrogen-bond donors (Lipinski definition) is 2. The molecule has 1 fully saturated rings. The van der Waals surface area contributed by atoms with E-state index in [1.807, 2.05) is 18.2 Å². The summed E-state index contributed by atoms with van der Waals surface area (Å²) in [6.45, 7) is 0.663. The first-order valence-electron chi connectivity index (χ1n) is 8.56. The van der Waals surface area contributed by atoms with E-state index in [2.05, 4.69) is 17.4 Å². The molecule has 134 valence electrons. The van der Waals surface area contributed by atoms with Crippen molar-refractivity contribution in [3.8, 4) is 10.4 Å². The Morgan fingerprint density at radius 1 is 1.23 bits per heavy atom. The fraction of sp³-hybridized carbons (Fsp3) is 0.316. The SMILES string of the molecule is O=C(O)CC1C(=O)NCCN1C(=O)c1cc2c(s1)-c1ccccc1CC2. The van der Waals surface area contributed by atoms with Crippen LogP contribution in [0.5, 0.6) is 0 Å². The van der Waals surface area contributed by atoms with Gasteiger partial charge in [0.15, 0.2) is 0 Å². The molecule has 7 heteroatoms. The molecule has 1 aliphatic heterocycles. The number of carboxylic acid groups (broad SMARTS) is 1. The molecule has 0 radical (unpaired) electrons. The number of nitrogens with zero attached hydrogens (tertiary/aromatic N) is 1. The summed E-state index contributed by atoms with van der Waals surface area (Å²) >= 11 is 1.43. The van der Waals surface area contributed by atoms with E-state index >= 15 is 0 Å². The maximum atomic E-state index is 13.0. The standard InChI is InChI=1S/C19H18N2O4S/c22-16(23)10-14-18(24)20-7-8-21(14)19(25)15-9-12-6-5-11-3-1-2-4-13(11)17(12)26-15/h1-4,9,14H,5-8,10H2,(H,20,24)(H,22,23). The molecule has 6 nitrogen and oxygen atoms in total. The van der Waals surface area contributed by atoms with Crippen molar-refractivity contribution >= 4 is 29.1 Å². The number of benzene rings is 1. The molecule has 0 spiro atoms. The molecule has 1 saturated heterocycles. The average molecular weight is 370 g/mol. The van der Waals surface area contributed by atoms with Crippen LogP contribution in [0, 0.1) is 0 Å². The number of piperazine rings is 1. The van der Waals surface area contributed by atoms with Gasteiger partial charge in [-0.1, -0.05) is 24.3 Å². The highest BCUT2D eigenvalue weighted by Gasteiger charge is 2.36. The predicted molar refractivity (Wildman–Crippen MR) is 97.3 cm³/mol. The lowest BCUT2D eigenvalue weighted by atomic mass is 9.91. The summed E-state index contributed by atoms with van der Waals surface area (Å²) in [5.74, 6) is -1.76. The van der Waals surface area contributed by atoms with Gasteiger partial charge in [-0.05, 0) is 35.6 Å². The summed E-state index contributed by atoms with van der Waals surface area (Å²) in [6, 6.07) is 9.14. The highest BCUT2D eigenvalue weighted by Crippen LogP contribution is 2.40. The zero-order chi connectivity index (χ0) is 18.3. The smallest absolute Gasteiger partial charge is 0.305 e. The first kappa shape index (κ1) is 16.8. The Balaban J connectivity index is 1.66. The second-order valence-corrected chi connectivity index (χ2v) is 7.58. The number of rotatable bonds is 3. The molecule has 0 saturated carbocycles. The lowest BCUT2D eigenvalue weighted by Crippen LogP contribution is -2.57. The van der Waals surface area contributed by atoms with Gasteiger partial charge in [-0.2, -0.15) is 0 Å². The lowest BCUT2D eigenvalue weighted by Gasteiger charge is -2.33. The highest BCUT2D eigenvalue weighted by molar-refractivity contribution is 7.17. The normalized spacial score (nSPS) is 18.7. The molecule has 2 aromatic rings. The number of amides is 2. The Morgan fingerprint density at radius 2 is 2.00 bits per heavy atom. The fourth-order valence-electron chi connectivity index (χ4n) is 3.64. The molecule has 1 aromatic carbocycles. The van der Waals surface area contributed by atoms with E-state index in [1.165, 1.54) is 21.8 Å². The largest absolute Gasteiger partial charge is 0.481 e. The number of carbonyl (C=O) groups excluding carboxylic acids is 2. The topological polar surface area (TPSA) is 86.7 Å². The molecule has 26 heavy (non-hydrogen) atoms. The molecule has 1 unspecified atom stereocenters. The average Bonchev–Trinajstić information content (AvgIpc) is 3.07. The fourth-order valence-corrected chi connectivity index (χ4v) is 4.87. The number of aliphatic carboxylic acids is 1. The van der Waals surface area contributed by atoms with Crippen LogP contribution in [0.15, 0.2) is 30.3 Å². The predicted octanol–water partition coefficient (Wildman–Crippen LogP) is 1.93.